The summed E-state index contributed by atoms with van der Waals surface area (Å²) in [6, 6.07) is 3.91. The number of aromatic amines is 1. The lowest BCUT2D eigenvalue weighted by atomic mass is 9.79. The topological polar surface area (TPSA) is 99.3 Å². The molecule has 0 aromatic carbocycles. The quantitative estimate of drug-likeness (QED) is 0.796. The van der Waals surface area contributed by atoms with Gasteiger partial charge >= 0.3 is 6.09 Å². The normalized spacial score (nSPS) is 20.4. The summed E-state index contributed by atoms with van der Waals surface area (Å²) in [5.74, 6) is 2.87. The SMILES string of the molecule is CC(C)(C)OC(=O)N1CC2(CCN(c3nccc(Nc4cc(C5CC5)[nH]n4)n3)C2)C1. The Morgan fingerprint density at radius 2 is 2.07 bits per heavy atom. The molecule has 1 aliphatic carbocycles. The third-order valence-corrected chi connectivity index (χ3v) is 5.94. The highest BCUT2D eigenvalue weighted by Gasteiger charge is 2.50. The van der Waals surface area contributed by atoms with E-state index in [1.807, 2.05) is 26.8 Å². The van der Waals surface area contributed by atoms with E-state index in [0.29, 0.717) is 11.9 Å². The maximum atomic E-state index is 12.2. The minimum absolute atomic E-state index is 0.116. The second-order valence-corrected chi connectivity index (χ2v) is 9.86. The number of H-pyrrole nitrogens is 1. The molecule has 30 heavy (non-hydrogen) atoms. The van der Waals surface area contributed by atoms with Gasteiger partial charge in [0.1, 0.15) is 11.4 Å². The summed E-state index contributed by atoms with van der Waals surface area (Å²) in [4.78, 5) is 25.4. The Labute approximate surface area is 176 Å². The molecule has 2 N–H and O–H groups in total. The Bertz CT molecular complexity index is 941. The van der Waals surface area contributed by atoms with Gasteiger partial charge in [-0.05, 0) is 46.1 Å². The van der Waals surface area contributed by atoms with Crippen LogP contribution in [0.4, 0.5) is 22.4 Å². The predicted molar refractivity (Wildman–Crippen MR) is 113 cm³/mol. The lowest BCUT2D eigenvalue weighted by Gasteiger charge is -2.47. The van der Waals surface area contributed by atoms with Crippen LogP contribution >= 0.6 is 0 Å². The van der Waals surface area contributed by atoms with Crippen molar-refractivity contribution in [3.05, 3.63) is 24.0 Å². The van der Waals surface area contributed by atoms with E-state index in [4.69, 9.17) is 9.72 Å². The Morgan fingerprint density at radius 1 is 1.27 bits per heavy atom. The molecule has 1 spiro atoms. The molecule has 4 heterocycles. The van der Waals surface area contributed by atoms with E-state index >= 15 is 0 Å². The zero-order valence-corrected chi connectivity index (χ0v) is 17.8. The van der Waals surface area contributed by atoms with Crippen LogP contribution in [0.25, 0.3) is 0 Å². The van der Waals surface area contributed by atoms with Crippen LogP contribution in [-0.2, 0) is 4.74 Å². The second kappa shape index (κ2) is 6.85. The number of nitrogens with one attached hydrogen (secondary N) is 2. The number of nitrogens with zero attached hydrogens (tertiary/aromatic N) is 5. The molecule has 5 rings (SSSR count). The number of hydrogen-bond donors (Lipinski definition) is 2. The molecule has 1 amide bonds. The molecular formula is C21H29N7O2. The van der Waals surface area contributed by atoms with Gasteiger partial charge in [-0.25, -0.2) is 9.78 Å². The largest absolute Gasteiger partial charge is 0.444 e. The summed E-state index contributed by atoms with van der Waals surface area (Å²) in [5.41, 5.74) is 0.842. The number of hydrogen-bond acceptors (Lipinski definition) is 7. The zero-order valence-electron chi connectivity index (χ0n) is 17.8. The van der Waals surface area contributed by atoms with Crippen LogP contribution in [0.1, 0.15) is 51.6 Å². The Balaban J connectivity index is 1.19. The number of carbonyl (C=O) groups is 1. The van der Waals surface area contributed by atoms with Crippen molar-refractivity contribution in [3.8, 4) is 0 Å². The predicted octanol–water partition coefficient (Wildman–Crippen LogP) is 3.27. The highest BCUT2D eigenvalue weighted by molar-refractivity contribution is 5.69. The van der Waals surface area contributed by atoms with Crippen LogP contribution in [0.5, 0.6) is 0 Å². The second-order valence-electron chi connectivity index (χ2n) is 9.86. The summed E-state index contributed by atoms with van der Waals surface area (Å²) < 4.78 is 5.48. The first-order chi connectivity index (χ1) is 14.3. The van der Waals surface area contributed by atoms with E-state index in [9.17, 15) is 4.79 Å². The molecular weight excluding hydrogens is 382 g/mol. The minimum atomic E-state index is -0.462. The summed E-state index contributed by atoms with van der Waals surface area (Å²) in [6.07, 6.45) is 5.05. The molecule has 0 radical (unpaired) electrons. The van der Waals surface area contributed by atoms with Gasteiger partial charge in [0.25, 0.3) is 0 Å². The fraction of sp³-hybridized carbons (Fsp3) is 0.619. The van der Waals surface area contributed by atoms with Crippen molar-refractivity contribution >= 4 is 23.7 Å². The van der Waals surface area contributed by atoms with Crippen molar-refractivity contribution < 1.29 is 9.53 Å². The maximum Gasteiger partial charge on any atom is 0.410 e. The van der Waals surface area contributed by atoms with Crippen molar-refractivity contribution in [2.24, 2.45) is 5.41 Å². The first-order valence-corrected chi connectivity index (χ1v) is 10.7. The van der Waals surface area contributed by atoms with Gasteiger partial charge in [-0.15, -0.1) is 0 Å². The van der Waals surface area contributed by atoms with Crippen LogP contribution in [0.2, 0.25) is 0 Å². The van der Waals surface area contributed by atoms with E-state index < -0.39 is 5.60 Å². The number of aromatic nitrogens is 4. The minimum Gasteiger partial charge on any atom is -0.444 e. The van der Waals surface area contributed by atoms with Crippen LogP contribution in [-0.4, -0.2) is 62.9 Å². The number of likely N-dealkylation sites (tertiary alicyclic amines) is 1. The smallest absolute Gasteiger partial charge is 0.410 e. The van der Waals surface area contributed by atoms with Crippen molar-refractivity contribution in [1.29, 1.82) is 0 Å². The molecule has 2 aromatic rings. The summed E-state index contributed by atoms with van der Waals surface area (Å²) in [5, 5.41) is 10.7. The third-order valence-electron chi connectivity index (χ3n) is 5.94. The average Bonchev–Trinajstić information content (AvgIpc) is 3.22. The van der Waals surface area contributed by atoms with E-state index in [1.54, 1.807) is 11.1 Å². The lowest BCUT2D eigenvalue weighted by molar-refractivity contribution is -0.0266. The molecule has 3 fully saturated rings. The van der Waals surface area contributed by atoms with Gasteiger partial charge in [-0.2, -0.15) is 10.1 Å². The van der Waals surface area contributed by atoms with Crippen LogP contribution in [0, 0.1) is 5.41 Å². The van der Waals surface area contributed by atoms with Gasteiger partial charge < -0.3 is 19.9 Å². The van der Waals surface area contributed by atoms with Gasteiger partial charge in [-0.1, -0.05) is 0 Å². The Morgan fingerprint density at radius 3 is 2.80 bits per heavy atom. The summed E-state index contributed by atoms with van der Waals surface area (Å²) in [7, 11) is 0. The monoisotopic (exact) mass is 411 g/mol. The molecule has 0 atom stereocenters. The van der Waals surface area contributed by atoms with E-state index in [0.717, 1.165) is 44.2 Å². The van der Waals surface area contributed by atoms with E-state index in [-0.39, 0.29) is 11.5 Å². The van der Waals surface area contributed by atoms with E-state index in [2.05, 4.69) is 31.5 Å². The molecule has 9 nitrogen and oxygen atoms in total. The molecule has 160 valence electrons. The molecule has 2 aromatic heterocycles. The van der Waals surface area contributed by atoms with Crippen LogP contribution < -0.4 is 10.2 Å². The summed E-state index contributed by atoms with van der Waals surface area (Å²) in [6.45, 7) is 8.88. The first-order valence-electron chi connectivity index (χ1n) is 10.7. The maximum absolute atomic E-state index is 12.2. The molecule has 9 heteroatoms. The van der Waals surface area contributed by atoms with Gasteiger partial charge in [-0.3, -0.25) is 5.10 Å². The fourth-order valence-corrected chi connectivity index (χ4v) is 4.29. The number of carbonyl (C=O) groups excluding carboxylic acids is 1. The van der Waals surface area contributed by atoms with E-state index in [1.165, 1.54) is 18.5 Å². The highest BCUT2D eigenvalue weighted by Crippen LogP contribution is 2.41. The highest BCUT2D eigenvalue weighted by atomic mass is 16.6. The molecule has 1 saturated carbocycles. The summed E-state index contributed by atoms with van der Waals surface area (Å²) >= 11 is 0. The number of ether oxygens (including phenoxy) is 1. The fourth-order valence-electron chi connectivity index (χ4n) is 4.29. The van der Waals surface area contributed by atoms with Crippen molar-refractivity contribution in [3.63, 3.8) is 0 Å². The Hall–Kier alpha value is -2.84. The standard InChI is InChI=1S/C21H29N7O2/c1-20(2,3)30-19(29)28-12-21(13-28)7-9-27(11-21)18-22-8-6-16(24-18)23-17-10-15(25-26-17)14-4-5-14/h6,8,10,14H,4-5,7,9,11-13H2,1-3H3,(H2,22,23,24,25,26). The van der Waals surface area contributed by atoms with Crippen molar-refractivity contribution in [1.82, 2.24) is 25.1 Å². The zero-order chi connectivity index (χ0) is 20.9. The molecule has 2 aliphatic heterocycles. The van der Waals surface area contributed by atoms with Crippen molar-refractivity contribution in [2.75, 3.05) is 36.4 Å². The van der Waals surface area contributed by atoms with Gasteiger partial charge in [0.15, 0.2) is 5.82 Å². The average molecular weight is 412 g/mol. The third kappa shape index (κ3) is 3.93. The van der Waals surface area contributed by atoms with Gasteiger partial charge in [0, 0.05) is 55.5 Å². The Kier molecular flexibility index (Phi) is 4.37. The number of anilines is 3. The van der Waals surface area contributed by atoms with Crippen LogP contribution in [0.15, 0.2) is 18.3 Å². The molecule has 3 aliphatic rings. The lowest BCUT2D eigenvalue weighted by Crippen LogP contribution is -2.60. The number of rotatable bonds is 4. The molecule has 0 bridgehead atoms. The molecule has 0 unspecified atom stereocenters. The first kappa shape index (κ1) is 19.1. The van der Waals surface area contributed by atoms with Crippen LogP contribution in [0.3, 0.4) is 0 Å². The van der Waals surface area contributed by atoms with Gasteiger partial charge in [0.2, 0.25) is 5.95 Å². The van der Waals surface area contributed by atoms with Gasteiger partial charge in [0.05, 0.1) is 0 Å². The van der Waals surface area contributed by atoms with Crippen molar-refractivity contribution in [2.45, 2.75) is 51.6 Å². The number of amides is 1. The molecule has 2 saturated heterocycles.